The molecule has 148 valence electrons. The van der Waals surface area contributed by atoms with Gasteiger partial charge in [0.1, 0.15) is 18.2 Å². The number of H-pyrrole nitrogens is 1. The monoisotopic (exact) mass is 390 g/mol. The molecule has 2 heterocycles. The highest BCUT2D eigenvalue weighted by Gasteiger charge is 2.10. The average molecular weight is 390 g/mol. The van der Waals surface area contributed by atoms with Crippen LogP contribution in [0.4, 0.5) is 4.39 Å². The van der Waals surface area contributed by atoms with Gasteiger partial charge in [-0.1, -0.05) is 12.1 Å². The second kappa shape index (κ2) is 8.01. The third kappa shape index (κ3) is 4.27. The summed E-state index contributed by atoms with van der Waals surface area (Å²) in [6, 6.07) is 12.6. The fourth-order valence-corrected chi connectivity index (χ4v) is 3.41. The lowest BCUT2D eigenvalue weighted by molar-refractivity contribution is 0.286. The van der Waals surface area contributed by atoms with Crippen molar-refractivity contribution in [3.8, 4) is 16.9 Å². The number of aromatic amines is 1. The Morgan fingerprint density at radius 3 is 2.76 bits per heavy atom. The molecular weight excluding hydrogens is 367 g/mol. The Morgan fingerprint density at radius 2 is 1.93 bits per heavy atom. The van der Waals surface area contributed by atoms with Crippen LogP contribution in [-0.2, 0) is 6.42 Å². The number of fused-ring (bicyclic) bond motifs is 1. The Kier molecular flexibility index (Phi) is 5.27. The Morgan fingerprint density at radius 1 is 1.07 bits per heavy atom. The standard InChI is InChI=1S/C23H23FN4O/c1-14-7-19(24)5-3-16(14)8-20(25)13-29-21-9-18(11-26-12-21)17-4-6-23-22(10-17)15(2)27-28-23/h3-7,9-12,20H,8,13,25H2,1-2H3,(H,27,28)/t20-/m0/s1. The van der Waals surface area contributed by atoms with Gasteiger partial charge in [-0.05, 0) is 67.3 Å². The highest BCUT2D eigenvalue weighted by molar-refractivity contribution is 5.86. The van der Waals surface area contributed by atoms with Gasteiger partial charge in [0.25, 0.3) is 0 Å². The minimum atomic E-state index is -0.234. The van der Waals surface area contributed by atoms with Crippen molar-refractivity contribution < 1.29 is 9.13 Å². The number of halogens is 1. The number of benzene rings is 2. The average Bonchev–Trinajstić information content (AvgIpc) is 3.09. The third-order valence-corrected chi connectivity index (χ3v) is 5.04. The van der Waals surface area contributed by atoms with E-state index in [1.54, 1.807) is 12.3 Å². The maximum absolute atomic E-state index is 13.3. The zero-order valence-corrected chi connectivity index (χ0v) is 16.4. The molecule has 0 saturated heterocycles. The first kappa shape index (κ1) is 19.1. The van der Waals surface area contributed by atoms with Gasteiger partial charge < -0.3 is 10.5 Å². The molecule has 3 N–H and O–H groups in total. The number of nitrogens with one attached hydrogen (secondary N) is 1. The number of rotatable bonds is 6. The van der Waals surface area contributed by atoms with Gasteiger partial charge in [0, 0.05) is 28.9 Å². The summed E-state index contributed by atoms with van der Waals surface area (Å²) < 4.78 is 19.1. The predicted octanol–water partition coefficient (Wildman–Crippen LogP) is 4.33. The van der Waals surface area contributed by atoms with Crippen molar-refractivity contribution in [1.29, 1.82) is 0 Å². The molecule has 0 saturated carbocycles. The second-order valence-corrected chi connectivity index (χ2v) is 7.34. The van der Waals surface area contributed by atoms with E-state index in [2.05, 4.69) is 21.2 Å². The van der Waals surface area contributed by atoms with E-state index >= 15 is 0 Å². The second-order valence-electron chi connectivity index (χ2n) is 7.34. The minimum Gasteiger partial charge on any atom is -0.490 e. The Hall–Kier alpha value is -3.25. The van der Waals surface area contributed by atoms with Crippen molar-refractivity contribution >= 4 is 10.9 Å². The first-order valence-corrected chi connectivity index (χ1v) is 9.53. The van der Waals surface area contributed by atoms with E-state index in [0.29, 0.717) is 18.8 Å². The third-order valence-electron chi connectivity index (χ3n) is 5.04. The number of aryl methyl sites for hydroxylation is 2. The molecule has 0 bridgehead atoms. The van der Waals surface area contributed by atoms with Crippen LogP contribution < -0.4 is 10.5 Å². The Labute approximate surface area is 168 Å². The van der Waals surface area contributed by atoms with E-state index in [-0.39, 0.29) is 11.9 Å². The van der Waals surface area contributed by atoms with Crippen molar-refractivity contribution in [2.45, 2.75) is 26.3 Å². The maximum Gasteiger partial charge on any atom is 0.138 e. The van der Waals surface area contributed by atoms with Gasteiger partial charge in [0.2, 0.25) is 0 Å². The van der Waals surface area contributed by atoms with Gasteiger partial charge in [0.15, 0.2) is 0 Å². The fourth-order valence-electron chi connectivity index (χ4n) is 3.41. The van der Waals surface area contributed by atoms with Gasteiger partial charge in [-0.15, -0.1) is 0 Å². The van der Waals surface area contributed by atoms with Gasteiger partial charge in [-0.25, -0.2) is 4.39 Å². The molecular formula is C23H23FN4O. The van der Waals surface area contributed by atoms with Crippen LogP contribution in [0.1, 0.15) is 16.8 Å². The lowest BCUT2D eigenvalue weighted by Crippen LogP contribution is -2.30. The summed E-state index contributed by atoms with van der Waals surface area (Å²) in [5.41, 5.74) is 12.1. The Balaban J connectivity index is 1.45. The van der Waals surface area contributed by atoms with Crippen LogP contribution in [0, 0.1) is 19.7 Å². The first-order chi connectivity index (χ1) is 14.0. The molecule has 0 unspecified atom stereocenters. The smallest absolute Gasteiger partial charge is 0.138 e. The summed E-state index contributed by atoms with van der Waals surface area (Å²) in [5, 5.41) is 8.35. The molecule has 0 amide bonds. The number of ether oxygens (including phenoxy) is 1. The Bertz CT molecular complexity index is 1150. The van der Waals surface area contributed by atoms with Crippen LogP contribution in [0.15, 0.2) is 54.9 Å². The molecule has 6 heteroatoms. The molecule has 0 fully saturated rings. The van der Waals surface area contributed by atoms with Crippen LogP contribution in [0.5, 0.6) is 5.75 Å². The molecule has 5 nitrogen and oxygen atoms in total. The zero-order valence-electron chi connectivity index (χ0n) is 16.4. The molecule has 0 aliphatic carbocycles. The minimum absolute atomic E-state index is 0.201. The van der Waals surface area contributed by atoms with Gasteiger partial charge in [0.05, 0.1) is 11.7 Å². The van der Waals surface area contributed by atoms with Crippen LogP contribution in [0.25, 0.3) is 22.0 Å². The molecule has 0 radical (unpaired) electrons. The zero-order chi connectivity index (χ0) is 20.4. The highest BCUT2D eigenvalue weighted by atomic mass is 19.1. The SMILES string of the molecule is Cc1cc(F)ccc1C[C@H](N)COc1cncc(-c2ccc3n[nH]c(C)c3c2)c1. The van der Waals surface area contributed by atoms with Crippen molar-refractivity contribution in [3.05, 3.63) is 77.5 Å². The first-order valence-electron chi connectivity index (χ1n) is 9.53. The van der Waals surface area contributed by atoms with Crippen LogP contribution in [0.2, 0.25) is 0 Å². The van der Waals surface area contributed by atoms with E-state index in [9.17, 15) is 4.39 Å². The van der Waals surface area contributed by atoms with E-state index in [1.165, 1.54) is 12.1 Å². The summed E-state index contributed by atoms with van der Waals surface area (Å²) in [7, 11) is 0. The van der Waals surface area contributed by atoms with Crippen molar-refractivity contribution in [2.75, 3.05) is 6.61 Å². The van der Waals surface area contributed by atoms with Gasteiger partial charge in [-0.3, -0.25) is 10.1 Å². The number of nitrogens with two attached hydrogens (primary N) is 1. The summed E-state index contributed by atoms with van der Waals surface area (Å²) >= 11 is 0. The van der Waals surface area contributed by atoms with Crippen LogP contribution in [-0.4, -0.2) is 27.8 Å². The summed E-state index contributed by atoms with van der Waals surface area (Å²) in [6.07, 6.45) is 4.11. The summed E-state index contributed by atoms with van der Waals surface area (Å²) in [6.45, 7) is 4.24. The van der Waals surface area contributed by atoms with E-state index in [0.717, 1.165) is 38.9 Å². The molecule has 0 aliphatic rings. The van der Waals surface area contributed by atoms with Gasteiger partial charge >= 0.3 is 0 Å². The number of hydrogen-bond acceptors (Lipinski definition) is 4. The molecule has 2 aromatic carbocycles. The number of pyridine rings is 1. The molecule has 2 aromatic heterocycles. The quantitative estimate of drug-likeness (QED) is 0.514. The molecule has 29 heavy (non-hydrogen) atoms. The summed E-state index contributed by atoms with van der Waals surface area (Å²) in [5.74, 6) is 0.431. The predicted molar refractivity (Wildman–Crippen MR) is 112 cm³/mol. The van der Waals surface area contributed by atoms with Gasteiger partial charge in [-0.2, -0.15) is 5.10 Å². The summed E-state index contributed by atoms with van der Waals surface area (Å²) in [4.78, 5) is 4.31. The van der Waals surface area contributed by atoms with E-state index in [4.69, 9.17) is 10.5 Å². The highest BCUT2D eigenvalue weighted by Crippen LogP contribution is 2.27. The molecule has 4 aromatic rings. The fraction of sp³-hybridized carbons (Fsp3) is 0.217. The lowest BCUT2D eigenvalue weighted by atomic mass is 10.0. The number of nitrogens with zero attached hydrogens (tertiary/aromatic N) is 2. The normalized spacial score (nSPS) is 12.3. The molecule has 0 spiro atoms. The lowest BCUT2D eigenvalue weighted by Gasteiger charge is -2.15. The van der Waals surface area contributed by atoms with Crippen LogP contribution >= 0.6 is 0 Å². The van der Waals surface area contributed by atoms with Crippen molar-refractivity contribution in [3.63, 3.8) is 0 Å². The molecule has 0 aliphatic heterocycles. The largest absolute Gasteiger partial charge is 0.490 e. The topological polar surface area (TPSA) is 76.8 Å². The van der Waals surface area contributed by atoms with Crippen LogP contribution in [0.3, 0.4) is 0 Å². The van der Waals surface area contributed by atoms with Crippen molar-refractivity contribution in [1.82, 2.24) is 15.2 Å². The van der Waals surface area contributed by atoms with E-state index in [1.807, 2.05) is 38.2 Å². The van der Waals surface area contributed by atoms with E-state index < -0.39 is 0 Å². The molecule has 4 rings (SSSR count). The molecule has 1 atom stereocenters. The number of hydrogen-bond donors (Lipinski definition) is 2. The maximum atomic E-state index is 13.3. The number of aromatic nitrogens is 3. The van der Waals surface area contributed by atoms with Crippen molar-refractivity contribution in [2.24, 2.45) is 5.73 Å².